The zero-order chi connectivity index (χ0) is 11.4. The lowest BCUT2D eigenvalue weighted by molar-refractivity contribution is 0.662. The fourth-order valence-electron chi connectivity index (χ4n) is 2.07. The van der Waals surface area contributed by atoms with Crippen molar-refractivity contribution in [1.29, 1.82) is 0 Å². The highest BCUT2D eigenvalue weighted by Gasteiger charge is 2.06. The van der Waals surface area contributed by atoms with Crippen LogP contribution in [0.25, 0.3) is 10.9 Å². The summed E-state index contributed by atoms with van der Waals surface area (Å²) in [6.45, 7) is 1.09. The van der Waals surface area contributed by atoms with Gasteiger partial charge in [-0.2, -0.15) is 5.10 Å². The number of aromatic nitrogens is 2. The predicted molar refractivity (Wildman–Crippen MR) is 67.6 cm³/mol. The van der Waals surface area contributed by atoms with E-state index in [1.807, 2.05) is 18.8 Å². The Labute approximate surface area is 96.5 Å². The van der Waals surface area contributed by atoms with Crippen LogP contribution < -0.4 is 5.32 Å². The molecule has 0 amide bonds. The van der Waals surface area contributed by atoms with Crippen molar-refractivity contribution in [3.63, 3.8) is 0 Å². The van der Waals surface area contributed by atoms with E-state index < -0.39 is 0 Å². The Bertz CT molecular complexity index is 459. The summed E-state index contributed by atoms with van der Waals surface area (Å²) in [5, 5.41) is 9.05. The molecule has 1 aromatic heterocycles. The van der Waals surface area contributed by atoms with E-state index in [2.05, 4.69) is 34.7 Å². The monoisotopic (exact) mass is 217 g/mol. The number of nitrogens with one attached hydrogen (secondary N) is 1. The second kappa shape index (κ2) is 5.12. The molecule has 0 radical (unpaired) electrons. The maximum absolute atomic E-state index is 4.58. The molecular formula is C13H19N3. The lowest BCUT2D eigenvalue weighted by Crippen LogP contribution is -2.07. The quantitative estimate of drug-likeness (QED) is 0.777. The molecule has 0 aliphatic heterocycles. The Morgan fingerprint density at radius 1 is 1.25 bits per heavy atom. The van der Waals surface area contributed by atoms with Crippen LogP contribution in [-0.2, 0) is 13.5 Å². The number of hydrogen-bond acceptors (Lipinski definition) is 2. The first-order chi connectivity index (χ1) is 7.83. The molecule has 0 unspecified atom stereocenters. The van der Waals surface area contributed by atoms with Gasteiger partial charge in [-0.15, -0.1) is 0 Å². The van der Waals surface area contributed by atoms with Crippen molar-refractivity contribution in [2.45, 2.75) is 19.3 Å². The molecule has 0 atom stereocenters. The van der Waals surface area contributed by atoms with Crippen LogP contribution in [0.5, 0.6) is 0 Å². The van der Waals surface area contributed by atoms with Crippen LogP contribution in [0.3, 0.4) is 0 Å². The number of hydrogen-bond donors (Lipinski definition) is 1. The molecule has 1 N–H and O–H groups in total. The third-order valence-electron chi connectivity index (χ3n) is 2.92. The van der Waals surface area contributed by atoms with Crippen LogP contribution >= 0.6 is 0 Å². The van der Waals surface area contributed by atoms with Crippen molar-refractivity contribution in [2.24, 2.45) is 7.05 Å². The zero-order valence-corrected chi connectivity index (χ0v) is 10.0. The largest absolute Gasteiger partial charge is 0.320 e. The number of aryl methyl sites for hydroxylation is 2. The molecule has 0 bridgehead atoms. The van der Waals surface area contributed by atoms with Gasteiger partial charge in [-0.05, 0) is 38.9 Å². The van der Waals surface area contributed by atoms with E-state index in [1.165, 1.54) is 29.4 Å². The highest BCUT2D eigenvalue weighted by atomic mass is 15.3. The normalized spacial score (nSPS) is 11.1. The highest BCUT2D eigenvalue weighted by Crippen LogP contribution is 2.18. The van der Waals surface area contributed by atoms with Crippen molar-refractivity contribution < 1.29 is 0 Å². The van der Waals surface area contributed by atoms with E-state index in [9.17, 15) is 0 Å². The Hall–Kier alpha value is -1.35. The fraction of sp³-hybridized carbons (Fsp3) is 0.462. The topological polar surface area (TPSA) is 29.9 Å². The third kappa shape index (κ3) is 2.25. The van der Waals surface area contributed by atoms with Crippen molar-refractivity contribution in [3.05, 3.63) is 30.0 Å². The molecule has 0 fully saturated rings. The molecule has 0 saturated carbocycles. The van der Waals surface area contributed by atoms with Gasteiger partial charge in [-0.3, -0.25) is 4.68 Å². The molecule has 1 aromatic carbocycles. The standard InChI is InChI=1S/C13H19N3/c1-14-10-6-5-8-12-11-7-3-4-9-13(11)16(2)15-12/h3-4,7,9,14H,5-6,8,10H2,1-2H3. The second-order valence-electron chi connectivity index (χ2n) is 4.15. The molecule has 16 heavy (non-hydrogen) atoms. The van der Waals surface area contributed by atoms with Crippen molar-refractivity contribution in [1.82, 2.24) is 15.1 Å². The minimum Gasteiger partial charge on any atom is -0.320 e. The smallest absolute Gasteiger partial charge is 0.0703 e. The summed E-state index contributed by atoms with van der Waals surface area (Å²) in [6.07, 6.45) is 3.48. The van der Waals surface area contributed by atoms with Gasteiger partial charge in [0.25, 0.3) is 0 Å². The summed E-state index contributed by atoms with van der Waals surface area (Å²) in [6, 6.07) is 8.44. The average molecular weight is 217 g/mol. The summed E-state index contributed by atoms with van der Waals surface area (Å²) in [5.74, 6) is 0. The number of benzene rings is 1. The number of para-hydroxylation sites is 1. The number of rotatable bonds is 5. The molecular weight excluding hydrogens is 198 g/mol. The van der Waals surface area contributed by atoms with E-state index in [4.69, 9.17) is 0 Å². The molecule has 86 valence electrons. The third-order valence-corrected chi connectivity index (χ3v) is 2.92. The first-order valence-corrected chi connectivity index (χ1v) is 5.88. The number of nitrogens with zero attached hydrogens (tertiary/aromatic N) is 2. The first-order valence-electron chi connectivity index (χ1n) is 5.88. The molecule has 2 rings (SSSR count). The van der Waals surface area contributed by atoms with Crippen molar-refractivity contribution in [3.8, 4) is 0 Å². The van der Waals surface area contributed by atoms with Crippen LogP contribution in [0.4, 0.5) is 0 Å². The van der Waals surface area contributed by atoms with Gasteiger partial charge in [0.1, 0.15) is 0 Å². The molecule has 3 heteroatoms. The number of fused-ring (bicyclic) bond motifs is 1. The summed E-state index contributed by atoms with van der Waals surface area (Å²) >= 11 is 0. The summed E-state index contributed by atoms with van der Waals surface area (Å²) in [7, 11) is 4.01. The van der Waals surface area contributed by atoms with Gasteiger partial charge in [0.05, 0.1) is 11.2 Å². The van der Waals surface area contributed by atoms with Gasteiger partial charge in [0, 0.05) is 12.4 Å². The number of unbranched alkanes of at least 4 members (excludes halogenated alkanes) is 1. The summed E-state index contributed by atoms with van der Waals surface area (Å²) in [4.78, 5) is 0. The molecule has 1 heterocycles. The van der Waals surface area contributed by atoms with E-state index in [-0.39, 0.29) is 0 Å². The second-order valence-corrected chi connectivity index (χ2v) is 4.15. The first kappa shape index (κ1) is 11.1. The van der Waals surface area contributed by atoms with Crippen LogP contribution in [0, 0.1) is 0 Å². The van der Waals surface area contributed by atoms with Gasteiger partial charge in [0.2, 0.25) is 0 Å². The van der Waals surface area contributed by atoms with E-state index in [0.29, 0.717) is 0 Å². The highest BCUT2D eigenvalue weighted by molar-refractivity contribution is 5.81. The molecule has 0 aliphatic carbocycles. The van der Waals surface area contributed by atoms with Crippen LogP contribution in [-0.4, -0.2) is 23.4 Å². The van der Waals surface area contributed by atoms with Crippen LogP contribution in [0.1, 0.15) is 18.5 Å². The van der Waals surface area contributed by atoms with Gasteiger partial charge >= 0.3 is 0 Å². The Morgan fingerprint density at radius 3 is 2.88 bits per heavy atom. The van der Waals surface area contributed by atoms with Crippen molar-refractivity contribution in [2.75, 3.05) is 13.6 Å². The SMILES string of the molecule is CNCCCCc1nn(C)c2ccccc12. The maximum Gasteiger partial charge on any atom is 0.0703 e. The van der Waals surface area contributed by atoms with E-state index in [1.54, 1.807) is 0 Å². The molecule has 2 aromatic rings. The molecule has 0 aliphatic rings. The van der Waals surface area contributed by atoms with Crippen molar-refractivity contribution >= 4 is 10.9 Å². The van der Waals surface area contributed by atoms with E-state index in [0.717, 1.165) is 13.0 Å². The Kier molecular flexibility index (Phi) is 3.57. The lowest BCUT2D eigenvalue weighted by atomic mass is 10.1. The predicted octanol–water partition coefficient (Wildman–Crippen LogP) is 2.12. The van der Waals surface area contributed by atoms with Gasteiger partial charge in [-0.1, -0.05) is 18.2 Å². The van der Waals surface area contributed by atoms with Crippen LogP contribution in [0.2, 0.25) is 0 Å². The minimum absolute atomic E-state index is 1.07. The molecule has 3 nitrogen and oxygen atoms in total. The van der Waals surface area contributed by atoms with Crippen LogP contribution in [0.15, 0.2) is 24.3 Å². The molecule has 0 spiro atoms. The molecule has 0 saturated heterocycles. The van der Waals surface area contributed by atoms with E-state index >= 15 is 0 Å². The summed E-state index contributed by atoms with van der Waals surface area (Å²) in [5.41, 5.74) is 2.46. The average Bonchev–Trinajstić information content (AvgIpc) is 2.63. The maximum atomic E-state index is 4.58. The minimum atomic E-state index is 1.07. The lowest BCUT2D eigenvalue weighted by Gasteiger charge is -1.98. The van der Waals surface area contributed by atoms with Gasteiger partial charge in [0.15, 0.2) is 0 Å². The van der Waals surface area contributed by atoms with Gasteiger partial charge < -0.3 is 5.32 Å². The Morgan fingerprint density at radius 2 is 2.06 bits per heavy atom. The fourth-order valence-corrected chi connectivity index (χ4v) is 2.07. The zero-order valence-electron chi connectivity index (χ0n) is 10.0. The summed E-state index contributed by atoms with van der Waals surface area (Å²) < 4.78 is 1.97. The van der Waals surface area contributed by atoms with Gasteiger partial charge in [-0.25, -0.2) is 0 Å². The Balaban J connectivity index is 2.12.